The number of nitrogens with one attached hydrogen (secondary N) is 3. The van der Waals surface area contributed by atoms with Crippen molar-refractivity contribution < 1.29 is 14.0 Å². The van der Waals surface area contributed by atoms with Gasteiger partial charge in [-0.2, -0.15) is 0 Å². The van der Waals surface area contributed by atoms with Gasteiger partial charge in [0.15, 0.2) is 0 Å². The van der Waals surface area contributed by atoms with Crippen LogP contribution < -0.4 is 10.6 Å². The maximum Gasteiger partial charge on any atom is 0.318 e. The summed E-state index contributed by atoms with van der Waals surface area (Å²) >= 11 is 0. The van der Waals surface area contributed by atoms with Crippen LogP contribution in [0.5, 0.6) is 0 Å². The first kappa shape index (κ1) is 28.4. The normalized spacial score (nSPS) is 15.6. The number of benzene rings is 3. The lowest BCUT2D eigenvalue weighted by atomic mass is 9.89. The number of piperidine rings is 1. The molecule has 0 saturated carbocycles. The van der Waals surface area contributed by atoms with E-state index in [1.807, 2.05) is 87.9 Å². The van der Waals surface area contributed by atoms with Crippen molar-refractivity contribution in [2.24, 2.45) is 0 Å². The maximum absolute atomic E-state index is 14.3. The van der Waals surface area contributed by atoms with Crippen LogP contribution in [0.3, 0.4) is 0 Å². The highest BCUT2D eigenvalue weighted by Gasteiger charge is 2.33. The first-order valence-electron chi connectivity index (χ1n) is 14.2. The zero-order valence-electron chi connectivity index (χ0n) is 23.9. The number of fused-ring (bicyclic) bond motifs is 1. The fourth-order valence-electron chi connectivity index (χ4n) is 5.82. The molecule has 5 rings (SSSR count). The molecule has 41 heavy (non-hydrogen) atoms. The van der Waals surface area contributed by atoms with E-state index in [4.69, 9.17) is 0 Å². The van der Waals surface area contributed by atoms with Crippen LogP contribution in [-0.2, 0) is 11.3 Å². The standard InChI is InChI=1S/C33H38FN5O2/c1-22(28-20-35-30-14-7-5-12-27(28)30)31(32(40)36-25-10-8-9-23(19-25)21-38(2)3)37-33(41)39-17-15-24(16-18-39)26-11-4-6-13-29(26)34/h4-14,19-20,22,24,31,35H,15-18,21H2,1-3H3,(H,36,40)(H,37,41). The molecule has 7 nitrogen and oxygen atoms in total. The maximum atomic E-state index is 14.3. The predicted molar refractivity (Wildman–Crippen MR) is 161 cm³/mol. The van der Waals surface area contributed by atoms with Gasteiger partial charge in [0.05, 0.1) is 0 Å². The summed E-state index contributed by atoms with van der Waals surface area (Å²) < 4.78 is 14.3. The first-order chi connectivity index (χ1) is 19.8. The number of hydrogen-bond acceptors (Lipinski definition) is 3. The van der Waals surface area contributed by atoms with Gasteiger partial charge in [-0.1, -0.05) is 55.5 Å². The average molecular weight is 556 g/mol. The minimum Gasteiger partial charge on any atom is -0.361 e. The number of carbonyl (C=O) groups is 2. The van der Waals surface area contributed by atoms with Crippen molar-refractivity contribution in [2.45, 2.75) is 44.2 Å². The number of aromatic nitrogens is 1. The molecule has 3 amide bonds. The number of nitrogens with zero attached hydrogens (tertiary/aromatic N) is 2. The van der Waals surface area contributed by atoms with Gasteiger partial charge in [-0.15, -0.1) is 0 Å². The second-order valence-electron chi connectivity index (χ2n) is 11.2. The molecular formula is C33H38FN5O2. The lowest BCUT2D eigenvalue weighted by molar-refractivity contribution is -0.118. The largest absolute Gasteiger partial charge is 0.361 e. The minimum absolute atomic E-state index is 0.0685. The summed E-state index contributed by atoms with van der Waals surface area (Å²) in [4.78, 5) is 34.4. The Morgan fingerprint density at radius 1 is 1.02 bits per heavy atom. The molecule has 1 saturated heterocycles. The second-order valence-corrected chi connectivity index (χ2v) is 11.2. The van der Waals surface area contributed by atoms with E-state index in [1.165, 1.54) is 6.07 Å². The summed E-state index contributed by atoms with van der Waals surface area (Å²) in [5, 5.41) is 7.12. The van der Waals surface area contributed by atoms with E-state index in [-0.39, 0.29) is 29.6 Å². The Balaban J connectivity index is 1.34. The fourth-order valence-corrected chi connectivity index (χ4v) is 5.82. The molecule has 0 aliphatic carbocycles. The summed E-state index contributed by atoms with van der Waals surface area (Å²) in [7, 11) is 4.00. The zero-order chi connectivity index (χ0) is 28.9. The Hall–Kier alpha value is -4.17. The Kier molecular flexibility index (Phi) is 8.69. The number of rotatable bonds is 8. The van der Waals surface area contributed by atoms with Crippen LogP contribution in [0.25, 0.3) is 10.9 Å². The number of urea groups is 1. The number of H-pyrrole nitrogens is 1. The Labute approximate surface area is 240 Å². The van der Waals surface area contributed by atoms with Gasteiger partial charge in [0.25, 0.3) is 0 Å². The number of likely N-dealkylation sites (tertiary alicyclic amines) is 1. The first-order valence-corrected chi connectivity index (χ1v) is 14.2. The van der Waals surface area contributed by atoms with Crippen molar-refractivity contribution in [1.29, 1.82) is 0 Å². The highest BCUT2D eigenvalue weighted by Crippen LogP contribution is 2.31. The summed E-state index contributed by atoms with van der Waals surface area (Å²) in [6.07, 6.45) is 3.25. The van der Waals surface area contributed by atoms with E-state index in [1.54, 1.807) is 11.0 Å². The van der Waals surface area contributed by atoms with E-state index < -0.39 is 6.04 Å². The van der Waals surface area contributed by atoms with E-state index in [0.717, 1.165) is 28.6 Å². The molecular weight excluding hydrogens is 517 g/mol. The molecule has 2 atom stereocenters. The summed E-state index contributed by atoms with van der Waals surface area (Å²) in [5.74, 6) is -0.719. The minimum atomic E-state index is -0.816. The number of carbonyl (C=O) groups excluding carboxylic acids is 2. The highest BCUT2D eigenvalue weighted by atomic mass is 19.1. The molecule has 1 aliphatic heterocycles. The summed E-state index contributed by atoms with van der Waals surface area (Å²) in [6, 6.07) is 21.5. The van der Waals surface area contributed by atoms with Crippen molar-refractivity contribution in [3.05, 3.63) is 102 Å². The van der Waals surface area contributed by atoms with Gasteiger partial charge in [-0.05, 0) is 73.8 Å². The summed E-state index contributed by atoms with van der Waals surface area (Å²) in [5.41, 5.74) is 4.41. The van der Waals surface area contributed by atoms with Crippen LogP contribution in [0.1, 0.15) is 48.3 Å². The van der Waals surface area contributed by atoms with Crippen LogP contribution in [0.2, 0.25) is 0 Å². The molecule has 1 aromatic heterocycles. The molecule has 214 valence electrons. The van der Waals surface area contributed by atoms with Gasteiger partial charge >= 0.3 is 6.03 Å². The van der Waals surface area contributed by atoms with Crippen LogP contribution in [-0.4, -0.2) is 59.9 Å². The number of amides is 3. The van der Waals surface area contributed by atoms with Crippen molar-refractivity contribution in [2.75, 3.05) is 32.5 Å². The Morgan fingerprint density at radius 3 is 2.51 bits per heavy atom. The molecule has 0 spiro atoms. The van der Waals surface area contributed by atoms with E-state index >= 15 is 0 Å². The molecule has 3 aromatic carbocycles. The van der Waals surface area contributed by atoms with Gasteiger partial charge < -0.3 is 25.4 Å². The SMILES string of the molecule is CC(c1c[nH]c2ccccc12)C(NC(=O)N1CCC(c2ccccc2F)CC1)C(=O)Nc1cccc(CN(C)C)c1. The van der Waals surface area contributed by atoms with Crippen LogP contribution in [0.15, 0.2) is 79.0 Å². The third kappa shape index (κ3) is 6.60. The number of aromatic amines is 1. The van der Waals surface area contributed by atoms with Gasteiger partial charge in [0.1, 0.15) is 11.9 Å². The molecule has 2 heterocycles. The van der Waals surface area contributed by atoms with Gasteiger partial charge in [-0.25, -0.2) is 9.18 Å². The van der Waals surface area contributed by atoms with Gasteiger partial charge in [-0.3, -0.25) is 4.79 Å². The van der Waals surface area contributed by atoms with E-state index in [9.17, 15) is 14.0 Å². The smallest absolute Gasteiger partial charge is 0.318 e. The lowest BCUT2D eigenvalue weighted by Crippen LogP contribution is -2.53. The van der Waals surface area contributed by atoms with Crippen molar-refractivity contribution in [1.82, 2.24) is 20.1 Å². The highest BCUT2D eigenvalue weighted by molar-refractivity contribution is 5.98. The van der Waals surface area contributed by atoms with Gasteiger partial charge in [0.2, 0.25) is 5.91 Å². The molecule has 8 heteroatoms. The van der Waals surface area contributed by atoms with Crippen LogP contribution >= 0.6 is 0 Å². The quantitative estimate of drug-likeness (QED) is 0.247. The summed E-state index contributed by atoms with van der Waals surface area (Å²) in [6.45, 7) is 3.70. The Morgan fingerprint density at radius 2 is 1.76 bits per heavy atom. The lowest BCUT2D eigenvalue weighted by Gasteiger charge is -2.34. The van der Waals surface area contributed by atoms with Crippen LogP contribution in [0, 0.1) is 5.82 Å². The third-order valence-corrected chi connectivity index (χ3v) is 7.99. The third-order valence-electron chi connectivity index (χ3n) is 7.99. The molecule has 0 bridgehead atoms. The average Bonchev–Trinajstić information content (AvgIpc) is 3.40. The second kappa shape index (κ2) is 12.6. The van der Waals surface area contributed by atoms with E-state index in [2.05, 4.69) is 20.5 Å². The molecule has 4 aromatic rings. The number of para-hydroxylation sites is 1. The number of hydrogen-bond donors (Lipinski definition) is 3. The van der Waals surface area contributed by atoms with E-state index in [0.29, 0.717) is 37.2 Å². The predicted octanol–water partition coefficient (Wildman–Crippen LogP) is 6.07. The monoisotopic (exact) mass is 555 g/mol. The zero-order valence-corrected chi connectivity index (χ0v) is 23.9. The molecule has 1 aliphatic rings. The number of anilines is 1. The van der Waals surface area contributed by atoms with Gasteiger partial charge in [0, 0.05) is 48.3 Å². The molecule has 2 unspecified atom stereocenters. The van der Waals surface area contributed by atoms with Crippen molar-refractivity contribution >= 4 is 28.5 Å². The molecule has 3 N–H and O–H groups in total. The van der Waals surface area contributed by atoms with Crippen molar-refractivity contribution in [3.63, 3.8) is 0 Å². The molecule has 0 radical (unpaired) electrons. The number of halogens is 1. The topological polar surface area (TPSA) is 80.5 Å². The molecule has 1 fully saturated rings. The van der Waals surface area contributed by atoms with Crippen LogP contribution in [0.4, 0.5) is 14.9 Å². The fraction of sp³-hybridized carbons (Fsp3) is 0.333. The Bertz CT molecular complexity index is 1510. The van der Waals surface area contributed by atoms with Crippen molar-refractivity contribution in [3.8, 4) is 0 Å².